The van der Waals surface area contributed by atoms with E-state index in [1.807, 2.05) is 31.2 Å². The van der Waals surface area contributed by atoms with E-state index in [1.54, 1.807) is 18.5 Å². The standard InChI is InChI=1S/C24H16FN7O/c1-12-6-13(8-15(25)7-12)20-21-18(4-5-27-20)29-24(30-21)23-22-19(31-32-23)3-2-17(28-22)14-9-16(33)11-26-10-14/h2-11,33H,1H3,(H,29,30)(H,31,32). The molecule has 6 rings (SSSR count). The molecular weight excluding hydrogens is 421 g/mol. The summed E-state index contributed by atoms with van der Waals surface area (Å²) >= 11 is 0. The Labute approximate surface area is 186 Å². The van der Waals surface area contributed by atoms with Crippen LogP contribution >= 0.6 is 0 Å². The van der Waals surface area contributed by atoms with E-state index in [2.05, 4.69) is 25.1 Å². The number of aryl methyl sites for hydroxylation is 1. The van der Waals surface area contributed by atoms with Crippen molar-refractivity contribution in [3.63, 3.8) is 0 Å². The smallest absolute Gasteiger partial charge is 0.161 e. The van der Waals surface area contributed by atoms with Crippen LogP contribution in [0.4, 0.5) is 4.39 Å². The number of nitrogens with one attached hydrogen (secondary N) is 2. The fraction of sp³-hybridized carbons (Fsp3) is 0.0417. The van der Waals surface area contributed by atoms with Crippen LogP contribution in [0.3, 0.4) is 0 Å². The number of rotatable bonds is 3. The van der Waals surface area contributed by atoms with Crippen molar-refractivity contribution in [2.24, 2.45) is 0 Å². The zero-order valence-corrected chi connectivity index (χ0v) is 17.3. The van der Waals surface area contributed by atoms with Crippen molar-refractivity contribution in [2.75, 3.05) is 0 Å². The van der Waals surface area contributed by atoms with Gasteiger partial charge in [-0.3, -0.25) is 15.1 Å². The van der Waals surface area contributed by atoms with Gasteiger partial charge in [-0.1, -0.05) is 0 Å². The third-order valence-electron chi connectivity index (χ3n) is 5.37. The Morgan fingerprint density at radius 1 is 0.879 bits per heavy atom. The second kappa shape index (κ2) is 7.20. The van der Waals surface area contributed by atoms with Crippen molar-refractivity contribution < 1.29 is 9.50 Å². The number of hydrogen-bond acceptors (Lipinski definition) is 6. The molecule has 0 saturated heterocycles. The van der Waals surface area contributed by atoms with E-state index >= 15 is 0 Å². The quantitative estimate of drug-likeness (QED) is 0.367. The van der Waals surface area contributed by atoms with E-state index in [9.17, 15) is 9.50 Å². The summed E-state index contributed by atoms with van der Waals surface area (Å²) in [6, 6.07) is 11.9. The van der Waals surface area contributed by atoms with Crippen LogP contribution in [-0.2, 0) is 0 Å². The first-order valence-electron chi connectivity index (χ1n) is 10.2. The summed E-state index contributed by atoms with van der Waals surface area (Å²) in [7, 11) is 0. The van der Waals surface area contributed by atoms with Gasteiger partial charge in [-0.25, -0.2) is 14.4 Å². The number of aromatic hydroxyl groups is 1. The van der Waals surface area contributed by atoms with Gasteiger partial charge in [0.2, 0.25) is 0 Å². The second-order valence-electron chi connectivity index (χ2n) is 7.76. The Morgan fingerprint density at radius 3 is 2.61 bits per heavy atom. The highest BCUT2D eigenvalue weighted by Crippen LogP contribution is 2.31. The number of H-pyrrole nitrogens is 2. The van der Waals surface area contributed by atoms with E-state index in [0.29, 0.717) is 45.1 Å². The van der Waals surface area contributed by atoms with Crippen LogP contribution in [-0.4, -0.2) is 40.2 Å². The van der Waals surface area contributed by atoms with Crippen LogP contribution in [0.2, 0.25) is 0 Å². The molecule has 0 amide bonds. The zero-order valence-electron chi connectivity index (χ0n) is 17.3. The number of aromatic nitrogens is 7. The monoisotopic (exact) mass is 437 g/mol. The van der Waals surface area contributed by atoms with Gasteiger partial charge in [-0.05, 0) is 55.0 Å². The van der Waals surface area contributed by atoms with Crippen molar-refractivity contribution in [2.45, 2.75) is 6.92 Å². The third-order valence-corrected chi connectivity index (χ3v) is 5.37. The second-order valence-corrected chi connectivity index (χ2v) is 7.76. The summed E-state index contributed by atoms with van der Waals surface area (Å²) < 4.78 is 14.0. The van der Waals surface area contributed by atoms with Gasteiger partial charge in [0.25, 0.3) is 0 Å². The highest BCUT2D eigenvalue weighted by atomic mass is 19.1. The minimum atomic E-state index is -0.323. The van der Waals surface area contributed by atoms with Gasteiger partial charge >= 0.3 is 0 Å². The minimum Gasteiger partial charge on any atom is -0.506 e. The maximum absolute atomic E-state index is 14.0. The summed E-state index contributed by atoms with van der Waals surface area (Å²) in [4.78, 5) is 21.2. The molecule has 160 valence electrons. The van der Waals surface area contributed by atoms with E-state index in [1.165, 1.54) is 18.3 Å². The van der Waals surface area contributed by atoms with Crippen LogP contribution in [0.15, 0.2) is 61.1 Å². The molecule has 0 aliphatic carbocycles. The first-order valence-corrected chi connectivity index (χ1v) is 10.2. The number of aromatic amines is 2. The highest BCUT2D eigenvalue weighted by Gasteiger charge is 2.18. The van der Waals surface area contributed by atoms with Gasteiger partial charge in [-0.15, -0.1) is 0 Å². The van der Waals surface area contributed by atoms with E-state index in [0.717, 1.165) is 16.6 Å². The van der Waals surface area contributed by atoms with Gasteiger partial charge in [0.15, 0.2) is 11.5 Å². The lowest BCUT2D eigenvalue weighted by Crippen LogP contribution is -1.89. The molecule has 0 spiro atoms. The number of fused-ring (bicyclic) bond motifs is 2. The normalized spacial score (nSPS) is 11.5. The van der Waals surface area contributed by atoms with Crippen LogP contribution in [0.1, 0.15) is 5.56 Å². The van der Waals surface area contributed by atoms with Crippen LogP contribution < -0.4 is 0 Å². The molecule has 5 heterocycles. The average Bonchev–Trinajstić information content (AvgIpc) is 3.41. The number of nitrogens with zero attached hydrogens (tertiary/aromatic N) is 5. The Kier molecular flexibility index (Phi) is 4.16. The first-order chi connectivity index (χ1) is 16.0. The molecule has 0 unspecified atom stereocenters. The van der Waals surface area contributed by atoms with Crippen molar-refractivity contribution in [1.82, 2.24) is 35.1 Å². The SMILES string of the molecule is Cc1cc(F)cc(-c2nccc3[nH]c(-c4n[nH]c5ccc(-c6cncc(O)c6)nc45)nc23)c1. The molecule has 0 saturated carbocycles. The summed E-state index contributed by atoms with van der Waals surface area (Å²) in [5, 5.41) is 17.2. The Hall–Kier alpha value is -4.66. The lowest BCUT2D eigenvalue weighted by molar-refractivity contribution is 0.473. The Bertz CT molecular complexity index is 1650. The summed E-state index contributed by atoms with van der Waals surface area (Å²) in [6.45, 7) is 1.84. The minimum absolute atomic E-state index is 0.0618. The molecule has 0 fully saturated rings. The predicted octanol–water partition coefficient (Wildman–Crippen LogP) is 4.78. The van der Waals surface area contributed by atoms with Gasteiger partial charge in [0, 0.05) is 23.5 Å². The number of halogens is 1. The maximum Gasteiger partial charge on any atom is 0.161 e. The van der Waals surface area contributed by atoms with Crippen LogP contribution in [0.5, 0.6) is 5.75 Å². The fourth-order valence-electron chi connectivity index (χ4n) is 3.92. The number of pyridine rings is 3. The molecule has 9 heteroatoms. The topological polar surface area (TPSA) is 116 Å². The average molecular weight is 437 g/mol. The summed E-state index contributed by atoms with van der Waals surface area (Å²) in [5.41, 5.74) is 6.62. The summed E-state index contributed by atoms with van der Waals surface area (Å²) in [5.74, 6) is 0.250. The highest BCUT2D eigenvalue weighted by molar-refractivity contribution is 5.95. The molecule has 5 aromatic heterocycles. The van der Waals surface area contributed by atoms with Gasteiger partial charge < -0.3 is 10.1 Å². The fourth-order valence-corrected chi connectivity index (χ4v) is 3.92. The van der Waals surface area contributed by atoms with Crippen molar-refractivity contribution in [1.29, 1.82) is 0 Å². The molecule has 3 N–H and O–H groups in total. The van der Waals surface area contributed by atoms with Gasteiger partial charge in [0.1, 0.15) is 22.6 Å². The molecule has 8 nitrogen and oxygen atoms in total. The largest absolute Gasteiger partial charge is 0.506 e. The van der Waals surface area contributed by atoms with E-state index in [-0.39, 0.29) is 11.6 Å². The van der Waals surface area contributed by atoms with Crippen molar-refractivity contribution in [3.8, 4) is 39.8 Å². The number of benzene rings is 1. The Morgan fingerprint density at radius 2 is 1.76 bits per heavy atom. The third kappa shape index (κ3) is 3.26. The number of hydrogen-bond donors (Lipinski definition) is 3. The molecule has 0 aliphatic heterocycles. The maximum atomic E-state index is 14.0. The number of imidazole rings is 1. The lowest BCUT2D eigenvalue weighted by Gasteiger charge is -2.03. The molecule has 0 atom stereocenters. The molecule has 0 aliphatic rings. The van der Waals surface area contributed by atoms with Crippen molar-refractivity contribution >= 4 is 22.1 Å². The Balaban J connectivity index is 1.51. The predicted molar refractivity (Wildman–Crippen MR) is 122 cm³/mol. The first kappa shape index (κ1) is 19.1. The molecule has 1 aromatic carbocycles. The summed E-state index contributed by atoms with van der Waals surface area (Å²) in [6.07, 6.45) is 4.66. The zero-order chi connectivity index (χ0) is 22.5. The van der Waals surface area contributed by atoms with Crippen molar-refractivity contribution in [3.05, 3.63) is 72.4 Å². The van der Waals surface area contributed by atoms with Gasteiger partial charge in [-0.2, -0.15) is 5.10 Å². The van der Waals surface area contributed by atoms with E-state index in [4.69, 9.17) is 9.97 Å². The van der Waals surface area contributed by atoms with Crippen LogP contribution in [0.25, 0.3) is 56.1 Å². The van der Waals surface area contributed by atoms with E-state index < -0.39 is 0 Å². The lowest BCUT2D eigenvalue weighted by atomic mass is 10.1. The molecular formula is C24H16FN7O. The molecule has 0 bridgehead atoms. The molecule has 6 aromatic rings. The van der Waals surface area contributed by atoms with Gasteiger partial charge in [0.05, 0.1) is 28.6 Å². The molecule has 33 heavy (non-hydrogen) atoms. The van der Waals surface area contributed by atoms with Crippen LogP contribution in [0, 0.1) is 12.7 Å². The molecule has 0 radical (unpaired) electrons.